The summed E-state index contributed by atoms with van der Waals surface area (Å²) in [5.74, 6) is -0.215. The molecule has 0 atom stereocenters. The summed E-state index contributed by atoms with van der Waals surface area (Å²) >= 11 is 1.67. The summed E-state index contributed by atoms with van der Waals surface area (Å²) in [4.78, 5) is 26.8. The first-order chi connectivity index (χ1) is 10.2. The molecule has 21 heavy (non-hydrogen) atoms. The lowest BCUT2D eigenvalue weighted by Crippen LogP contribution is -2.49. The van der Waals surface area contributed by atoms with Gasteiger partial charge >= 0.3 is 6.03 Å². The average Bonchev–Trinajstić information content (AvgIpc) is 2.49. The number of hydrogen-bond donors (Lipinski definition) is 1. The van der Waals surface area contributed by atoms with Crippen molar-refractivity contribution >= 4 is 29.4 Å². The first-order valence-electron chi connectivity index (χ1n) is 6.67. The number of nitrogens with one attached hydrogen (secondary N) is 1. The van der Waals surface area contributed by atoms with E-state index in [9.17, 15) is 9.59 Å². The molecule has 0 radical (unpaired) electrons. The lowest BCUT2D eigenvalue weighted by atomic mass is 10.2. The molecule has 0 bridgehead atoms. The normalized spacial score (nSPS) is 15.0. The summed E-state index contributed by atoms with van der Waals surface area (Å²) in [6, 6.07) is 17.5. The molecule has 1 heterocycles. The van der Waals surface area contributed by atoms with E-state index in [0.29, 0.717) is 13.0 Å². The maximum Gasteiger partial charge on any atom is 0.328 e. The Morgan fingerprint density at radius 1 is 0.905 bits per heavy atom. The van der Waals surface area contributed by atoms with Crippen molar-refractivity contribution in [2.75, 3.05) is 11.4 Å². The molecule has 0 saturated carbocycles. The Morgan fingerprint density at radius 3 is 2.24 bits per heavy atom. The monoisotopic (exact) mass is 298 g/mol. The molecule has 0 spiro atoms. The molecule has 2 aromatic carbocycles. The Bertz CT molecular complexity index is 656. The van der Waals surface area contributed by atoms with Crippen LogP contribution < -0.4 is 10.2 Å². The van der Waals surface area contributed by atoms with Crippen LogP contribution in [0.3, 0.4) is 0 Å². The zero-order valence-corrected chi connectivity index (χ0v) is 12.1. The van der Waals surface area contributed by atoms with Gasteiger partial charge in [0, 0.05) is 28.4 Å². The van der Waals surface area contributed by atoms with E-state index >= 15 is 0 Å². The number of amides is 3. The van der Waals surface area contributed by atoms with Crippen LogP contribution in [0.4, 0.5) is 10.5 Å². The van der Waals surface area contributed by atoms with Crippen molar-refractivity contribution in [2.45, 2.75) is 16.2 Å². The smallest absolute Gasteiger partial charge is 0.294 e. The first-order valence-corrected chi connectivity index (χ1v) is 7.48. The molecule has 0 unspecified atom stereocenters. The predicted octanol–water partition coefficient (Wildman–Crippen LogP) is 3.28. The highest BCUT2D eigenvalue weighted by Crippen LogP contribution is 2.29. The van der Waals surface area contributed by atoms with Gasteiger partial charge in [-0.15, -0.1) is 0 Å². The molecule has 1 fully saturated rings. The quantitative estimate of drug-likeness (QED) is 0.946. The fraction of sp³-hybridized carbons (Fsp3) is 0.125. The molecule has 3 amide bonds. The van der Waals surface area contributed by atoms with Crippen molar-refractivity contribution in [1.82, 2.24) is 5.32 Å². The lowest BCUT2D eigenvalue weighted by Gasteiger charge is -2.26. The zero-order chi connectivity index (χ0) is 14.7. The van der Waals surface area contributed by atoms with E-state index in [0.717, 1.165) is 10.6 Å². The van der Waals surface area contributed by atoms with E-state index < -0.39 is 0 Å². The van der Waals surface area contributed by atoms with Gasteiger partial charge in [0.05, 0.1) is 0 Å². The molecule has 1 N–H and O–H groups in total. The number of imide groups is 1. The van der Waals surface area contributed by atoms with Gasteiger partial charge in [0.15, 0.2) is 0 Å². The van der Waals surface area contributed by atoms with Crippen LogP contribution in [0.15, 0.2) is 64.4 Å². The topological polar surface area (TPSA) is 49.4 Å². The molecular formula is C16H14N2O2S. The Kier molecular flexibility index (Phi) is 3.92. The molecule has 5 heteroatoms. The van der Waals surface area contributed by atoms with E-state index in [1.54, 1.807) is 16.7 Å². The van der Waals surface area contributed by atoms with Gasteiger partial charge in [-0.05, 0) is 36.4 Å². The average molecular weight is 298 g/mol. The SMILES string of the molecule is O=C1CCN(c2ccc(Sc3ccccc3)cc2)C(=O)N1. The van der Waals surface area contributed by atoms with Crippen LogP contribution >= 0.6 is 11.8 Å². The Labute approximate surface area is 127 Å². The van der Waals surface area contributed by atoms with Crippen molar-refractivity contribution < 1.29 is 9.59 Å². The van der Waals surface area contributed by atoms with Crippen LogP contribution in [0.2, 0.25) is 0 Å². The molecule has 0 aromatic heterocycles. The minimum absolute atomic E-state index is 0.215. The summed E-state index contributed by atoms with van der Waals surface area (Å²) in [5, 5.41) is 2.33. The van der Waals surface area contributed by atoms with E-state index in [1.165, 1.54) is 4.90 Å². The summed E-state index contributed by atoms with van der Waals surface area (Å²) in [6.45, 7) is 0.426. The fourth-order valence-corrected chi connectivity index (χ4v) is 2.97. The molecule has 3 rings (SSSR count). The molecule has 1 aliphatic rings. The Hall–Kier alpha value is -2.27. The van der Waals surface area contributed by atoms with Gasteiger partial charge in [0.1, 0.15) is 0 Å². The highest BCUT2D eigenvalue weighted by Gasteiger charge is 2.23. The maximum absolute atomic E-state index is 11.8. The maximum atomic E-state index is 11.8. The van der Waals surface area contributed by atoms with Gasteiger partial charge in [0.25, 0.3) is 0 Å². The number of benzene rings is 2. The van der Waals surface area contributed by atoms with Gasteiger partial charge in [-0.25, -0.2) is 4.79 Å². The molecule has 1 aliphatic heterocycles. The number of nitrogens with zero attached hydrogens (tertiary/aromatic N) is 1. The van der Waals surface area contributed by atoms with Crippen LogP contribution in [0.1, 0.15) is 6.42 Å². The second-order valence-corrected chi connectivity index (χ2v) is 5.81. The third-order valence-corrected chi connectivity index (χ3v) is 4.20. The van der Waals surface area contributed by atoms with Crippen molar-refractivity contribution in [2.24, 2.45) is 0 Å². The molecule has 106 valence electrons. The highest BCUT2D eigenvalue weighted by atomic mass is 32.2. The minimum atomic E-state index is -0.352. The van der Waals surface area contributed by atoms with Crippen molar-refractivity contribution in [3.8, 4) is 0 Å². The molecule has 0 aliphatic carbocycles. The summed E-state index contributed by atoms with van der Waals surface area (Å²) in [7, 11) is 0. The lowest BCUT2D eigenvalue weighted by molar-refractivity contribution is -0.120. The fourth-order valence-electron chi connectivity index (χ4n) is 2.13. The number of rotatable bonds is 3. The van der Waals surface area contributed by atoms with Gasteiger partial charge in [-0.3, -0.25) is 15.0 Å². The van der Waals surface area contributed by atoms with Crippen molar-refractivity contribution in [3.05, 3.63) is 54.6 Å². The number of hydrogen-bond acceptors (Lipinski definition) is 3. The largest absolute Gasteiger partial charge is 0.328 e. The third kappa shape index (κ3) is 3.25. The zero-order valence-electron chi connectivity index (χ0n) is 11.3. The highest BCUT2D eigenvalue weighted by molar-refractivity contribution is 7.99. The van der Waals surface area contributed by atoms with Gasteiger partial charge in [-0.1, -0.05) is 30.0 Å². The number of anilines is 1. The summed E-state index contributed by atoms with van der Waals surface area (Å²) in [5.41, 5.74) is 0.803. The summed E-state index contributed by atoms with van der Waals surface area (Å²) in [6.07, 6.45) is 0.340. The standard InChI is InChI=1S/C16H14N2O2S/c19-15-10-11-18(16(20)17-15)12-6-8-14(9-7-12)21-13-4-2-1-3-5-13/h1-9H,10-11H2,(H,17,19,20). The van der Waals surface area contributed by atoms with E-state index in [1.807, 2.05) is 42.5 Å². The van der Waals surface area contributed by atoms with Crippen LogP contribution in [0, 0.1) is 0 Å². The Morgan fingerprint density at radius 2 is 1.57 bits per heavy atom. The molecule has 4 nitrogen and oxygen atoms in total. The molecular weight excluding hydrogens is 284 g/mol. The van der Waals surface area contributed by atoms with E-state index in [2.05, 4.69) is 17.4 Å². The number of carbonyl (C=O) groups is 2. The Balaban J connectivity index is 1.72. The molecule has 2 aromatic rings. The number of carbonyl (C=O) groups excluding carboxylic acids is 2. The van der Waals surface area contributed by atoms with Crippen LogP contribution in [0.5, 0.6) is 0 Å². The third-order valence-electron chi connectivity index (χ3n) is 3.18. The molecule has 1 saturated heterocycles. The van der Waals surface area contributed by atoms with Crippen LogP contribution in [0.25, 0.3) is 0 Å². The second-order valence-electron chi connectivity index (χ2n) is 4.66. The second kappa shape index (κ2) is 6.01. The minimum Gasteiger partial charge on any atom is -0.294 e. The van der Waals surface area contributed by atoms with E-state index in [4.69, 9.17) is 0 Å². The van der Waals surface area contributed by atoms with Gasteiger partial charge < -0.3 is 0 Å². The van der Waals surface area contributed by atoms with E-state index in [-0.39, 0.29) is 11.9 Å². The first kappa shape index (κ1) is 13.7. The summed E-state index contributed by atoms with van der Waals surface area (Å²) < 4.78 is 0. The van der Waals surface area contributed by atoms with Crippen molar-refractivity contribution in [1.29, 1.82) is 0 Å². The van der Waals surface area contributed by atoms with Crippen LogP contribution in [-0.4, -0.2) is 18.5 Å². The predicted molar refractivity (Wildman–Crippen MR) is 82.5 cm³/mol. The van der Waals surface area contributed by atoms with Crippen LogP contribution in [-0.2, 0) is 4.79 Å². The van der Waals surface area contributed by atoms with Gasteiger partial charge in [-0.2, -0.15) is 0 Å². The van der Waals surface area contributed by atoms with Crippen molar-refractivity contribution in [3.63, 3.8) is 0 Å². The van der Waals surface area contributed by atoms with Gasteiger partial charge in [0.2, 0.25) is 5.91 Å². The number of urea groups is 1.